The summed E-state index contributed by atoms with van der Waals surface area (Å²) < 4.78 is 12.5. The summed E-state index contributed by atoms with van der Waals surface area (Å²) in [6.07, 6.45) is 1.02. The second-order valence-electron chi connectivity index (χ2n) is 1.72. The Labute approximate surface area is 65.8 Å². The van der Waals surface area contributed by atoms with E-state index in [1.54, 1.807) is 0 Å². The lowest BCUT2D eigenvalue weighted by molar-refractivity contribution is -0.392. The van der Waals surface area contributed by atoms with Gasteiger partial charge in [0.15, 0.2) is 6.20 Å². The first-order valence-electron chi connectivity index (χ1n) is 2.56. The monoisotopic (exact) mass is 176 g/mol. The van der Waals surface area contributed by atoms with Gasteiger partial charge in [0.05, 0.1) is 5.02 Å². The van der Waals surface area contributed by atoms with Crippen molar-refractivity contribution in [3.8, 4) is 0 Å². The fourth-order valence-electron chi connectivity index (χ4n) is 0.542. The number of halogens is 2. The van der Waals surface area contributed by atoms with Crippen molar-refractivity contribution in [1.29, 1.82) is 0 Å². The van der Waals surface area contributed by atoms with E-state index in [0.29, 0.717) is 0 Å². The highest BCUT2D eigenvalue weighted by molar-refractivity contribution is 6.30. The van der Waals surface area contributed by atoms with Crippen molar-refractivity contribution in [2.45, 2.75) is 0 Å². The average molecular weight is 177 g/mol. The van der Waals surface area contributed by atoms with Crippen LogP contribution in [-0.2, 0) is 0 Å². The first kappa shape index (κ1) is 7.87. The van der Waals surface area contributed by atoms with E-state index < -0.39 is 16.6 Å². The largest absolute Gasteiger partial charge is 0.399 e. The van der Waals surface area contributed by atoms with Gasteiger partial charge in [-0.25, -0.2) is 0 Å². The van der Waals surface area contributed by atoms with Crippen molar-refractivity contribution in [3.05, 3.63) is 33.2 Å². The van der Waals surface area contributed by atoms with E-state index in [-0.39, 0.29) is 5.02 Å². The van der Waals surface area contributed by atoms with Crippen molar-refractivity contribution in [2.24, 2.45) is 0 Å². The standard InChI is InChI=1S/C5H2ClFN2O2/c6-3-1-4(7)5(8-2-3)9(10)11/h1-2H. The van der Waals surface area contributed by atoms with Crippen molar-refractivity contribution >= 4 is 17.4 Å². The molecule has 0 saturated heterocycles. The molecule has 0 atom stereocenters. The Bertz CT molecular complexity index is 305. The van der Waals surface area contributed by atoms with Gasteiger partial charge in [-0.2, -0.15) is 4.39 Å². The molecule has 0 spiro atoms. The van der Waals surface area contributed by atoms with E-state index in [1.165, 1.54) is 0 Å². The maximum Gasteiger partial charge on any atom is 0.399 e. The highest BCUT2D eigenvalue weighted by Crippen LogP contribution is 2.16. The molecule has 0 aliphatic heterocycles. The Balaban J connectivity index is 3.20. The molecule has 1 rings (SSSR count). The smallest absolute Gasteiger partial charge is 0.358 e. The maximum atomic E-state index is 12.5. The minimum Gasteiger partial charge on any atom is -0.358 e. The third kappa shape index (κ3) is 1.62. The van der Waals surface area contributed by atoms with Crippen LogP contribution in [0.3, 0.4) is 0 Å². The van der Waals surface area contributed by atoms with Crippen LogP contribution in [0.5, 0.6) is 0 Å². The van der Waals surface area contributed by atoms with Crippen molar-refractivity contribution in [1.82, 2.24) is 4.98 Å². The first-order valence-corrected chi connectivity index (χ1v) is 2.94. The summed E-state index contributed by atoms with van der Waals surface area (Å²) >= 11 is 5.30. The van der Waals surface area contributed by atoms with Crippen molar-refractivity contribution in [3.63, 3.8) is 0 Å². The minimum absolute atomic E-state index is 0.0353. The molecule has 0 radical (unpaired) electrons. The molecule has 0 aliphatic rings. The maximum absolute atomic E-state index is 12.5. The molecular weight excluding hydrogens is 175 g/mol. The summed E-state index contributed by atoms with van der Waals surface area (Å²) in [6, 6.07) is 0.840. The van der Waals surface area contributed by atoms with E-state index in [9.17, 15) is 14.5 Å². The molecule has 58 valence electrons. The summed E-state index contributed by atoms with van der Waals surface area (Å²) in [7, 11) is 0. The molecule has 1 heterocycles. The second kappa shape index (κ2) is 2.79. The van der Waals surface area contributed by atoms with Gasteiger partial charge in [0, 0.05) is 6.07 Å². The number of hydrogen-bond acceptors (Lipinski definition) is 3. The molecule has 0 bridgehead atoms. The summed E-state index contributed by atoms with van der Waals surface area (Å²) in [5.41, 5.74) is 0. The van der Waals surface area contributed by atoms with E-state index in [2.05, 4.69) is 4.98 Å². The molecule has 1 aromatic rings. The predicted octanol–water partition coefficient (Wildman–Crippen LogP) is 1.78. The highest BCUT2D eigenvalue weighted by atomic mass is 35.5. The van der Waals surface area contributed by atoms with Crippen molar-refractivity contribution in [2.75, 3.05) is 0 Å². The molecule has 11 heavy (non-hydrogen) atoms. The Hall–Kier alpha value is -1.23. The fraction of sp³-hybridized carbons (Fsp3) is 0. The topological polar surface area (TPSA) is 56.0 Å². The Morgan fingerprint density at radius 3 is 2.82 bits per heavy atom. The molecule has 0 N–H and O–H groups in total. The number of nitro groups is 1. The zero-order chi connectivity index (χ0) is 8.43. The van der Waals surface area contributed by atoms with E-state index in [1.807, 2.05) is 0 Å². The number of aromatic nitrogens is 1. The molecule has 6 heteroatoms. The summed E-state index contributed by atoms with van der Waals surface area (Å²) in [6.45, 7) is 0. The summed E-state index contributed by atoms with van der Waals surface area (Å²) in [5.74, 6) is -1.84. The van der Waals surface area contributed by atoms with Crippen molar-refractivity contribution < 1.29 is 9.31 Å². The van der Waals surface area contributed by atoms with Crippen LogP contribution in [0.1, 0.15) is 0 Å². The van der Waals surface area contributed by atoms with E-state index >= 15 is 0 Å². The lowest BCUT2D eigenvalue weighted by Crippen LogP contribution is -1.94. The van der Waals surface area contributed by atoms with Crippen LogP contribution in [0.15, 0.2) is 12.3 Å². The molecule has 1 aromatic heterocycles. The molecule has 0 aromatic carbocycles. The van der Waals surface area contributed by atoms with Crippen LogP contribution in [0, 0.1) is 15.9 Å². The van der Waals surface area contributed by atoms with Crippen LogP contribution in [0.25, 0.3) is 0 Å². The van der Waals surface area contributed by atoms with Gasteiger partial charge >= 0.3 is 5.82 Å². The summed E-state index contributed by atoms with van der Waals surface area (Å²) in [4.78, 5) is 12.3. The molecule has 0 amide bonds. The molecule has 0 aliphatic carbocycles. The molecular formula is C5H2ClFN2O2. The van der Waals surface area contributed by atoms with Crippen LogP contribution in [0.4, 0.5) is 10.2 Å². The first-order chi connectivity index (χ1) is 5.11. The van der Waals surface area contributed by atoms with Crippen LogP contribution in [0.2, 0.25) is 5.02 Å². The van der Waals surface area contributed by atoms with Gasteiger partial charge in [0.2, 0.25) is 5.82 Å². The summed E-state index contributed by atoms with van der Waals surface area (Å²) in [5, 5.41) is 10.0. The number of pyridine rings is 1. The third-order valence-electron chi connectivity index (χ3n) is 0.961. The molecule has 4 nitrogen and oxygen atoms in total. The van der Waals surface area contributed by atoms with Crippen LogP contribution < -0.4 is 0 Å². The van der Waals surface area contributed by atoms with Crippen LogP contribution >= 0.6 is 11.6 Å². The van der Waals surface area contributed by atoms with Gasteiger partial charge in [-0.1, -0.05) is 11.6 Å². The Morgan fingerprint density at radius 1 is 1.73 bits per heavy atom. The average Bonchev–Trinajstić information content (AvgIpc) is 1.85. The van der Waals surface area contributed by atoms with Gasteiger partial charge in [0.25, 0.3) is 0 Å². The number of nitrogens with zero attached hydrogens (tertiary/aromatic N) is 2. The normalized spacial score (nSPS) is 9.64. The molecule has 0 unspecified atom stereocenters. The SMILES string of the molecule is O=[N+]([O-])c1ncc(Cl)cc1F. The van der Waals surface area contributed by atoms with E-state index in [0.717, 1.165) is 12.3 Å². The zero-order valence-corrected chi connectivity index (χ0v) is 5.88. The van der Waals surface area contributed by atoms with Gasteiger partial charge in [-0.05, 0) is 9.91 Å². The molecule has 0 saturated carbocycles. The molecule has 0 fully saturated rings. The van der Waals surface area contributed by atoms with E-state index in [4.69, 9.17) is 11.6 Å². The third-order valence-corrected chi connectivity index (χ3v) is 1.17. The Kier molecular flexibility index (Phi) is 2.00. The lowest BCUT2D eigenvalue weighted by atomic mass is 10.4. The van der Waals surface area contributed by atoms with Gasteiger partial charge < -0.3 is 10.1 Å². The van der Waals surface area contributed by atoms with Crippen LogP contribution in [-0.4, -0.2) is 9.91 Å². The van der Waals surface area contributed by atoms with Gasteiger partial charge in [0.1, 0.15) is 0 Å². The quantitative estimate of drug-likeness (QED) is 0.484. The Morgan fingerprint density at radius 2 is 2.36 bits per heavy atom. The lowest BCUT2D eigenvalue weighted by Gasteiger charge is -1.91. The van der Waals surface area contributed by atoms with Gasteiger partial charge in [-0.3, -0.25) is 0 Å². The second-order valence-corrected chi connectivity index (χ2v) is 2.15. The number of hydrogen-bond donors (Lipinski definition) is 0. The predicted molar refractivity (Wildman–Crippen MR) is 35.9 cm³/mol. The highest BCUT2D eigenvalue weighted by Gasteiger charge is 2.14. The zero-order valence-electron chi connectivity index (χ0n) is 5.12. The van der Waals surface area contributed by atoms with Gasteiger partial charge in [-0.15, -0.1) is 0 Å². The fourth-order valence-corrected chi connectivity index (χ4v) is 0.686. The minimum atomic E-state index is -1.03. The number of rotatable bonds is 1.